The van der Waals surface area contributed by atoms with Crippen molar-refractivity contribution in [1.29, 1.82) is 0 Å². The molecule has 0 radical (unpaired) electrons. The summed E-state index contributed by atoms with van der Waals surface area (Å²) in [6, 6.07) is 23.9. The van der Waals surface area contributed by atoms with Crippen molar-refractivity contribution in [2.75, 3.05) is 0 Å². The number of nitrogens with zero attached hydrogens (tertiary/aromatic N) is 4. The van der Waals surface area contributed by atoms with Crippen molar-refractivity contribution in [3.8, 4) is 0 Å². The molecule has 0 aliphatic rings. The maximum atomic E-state index is 5.79. The molecule has 0 unspecified atom stereocenters. The monoisotopic (exact) mass is 456 g/mol. The molecule has 2 heterocycles. The molecule has 2 aromatic carbocycles. The average Bonchev–Trinajstić information content (AvgIpc) is 2.68. The lowest BCUT2D eigenvalue weighted by Crippen LogP contribution is -1.96. The van der Waals surface area contributed by atoms with Crippen LogP contribution >= 0.6 is 34.8 Å². The van der Waals surface area contributed by atoms with E-state index in [0.29, 0.717) is 16.9 Å². The highest BCUT2D eigenvalue weighted by Crippen LogP contribution is 2.14. The van der Waals surface area contributed by atoms with Crippen LogP contribution in [-0.2, 0) is 12.8 Å². The van der Waals surface area contributed by atoms with Gasteiger partial charge in [-0.2, -0.15) is 0 Å². The van der Waals surface area contributed by atoms with Gasteiger partial charge in [-0.1, -0.05) is 72.3 Å². The van der Waals surface area contributed by atoms with Crippen molar-refractivity contribution in [3.63, 3.8) is 0 Å². The Morgan fingerprint density at radius 2 is 1.07 bits per heavy atom. The van der Waals surface area contributed by atoms with Gasteiger partial charge in [-0.05, 0) is 53.4 Å². The third-order valence-electron chi connectivity index (χ3n) is 4.06. The molecule has 0 amide bonds. The Hall–Kier alpha value is -2.53. The number of aromatic nitrogens is 4. The van der Waals surface area contributed by atoms with Gasteiger partial charge >= 0.3 is 0 Å². The fraction of sp³-hybridized carbons (Fsp3) is 0.130. The van der Waals surface area contributed by atoms with Gasteiger partial charge in [0.25, 0.3) is 0 Å². The molecule has 4 aromatic rings. The van der Waals surface area contributed by atoms with Crippen molar-refractivity contribution in [2.24, 2.45) is 0 Å². The molecule has 0 fully saturated rings. The van der Waals surface area contributed by atoms with Crippen molar-refractivity contribution < 1.29 is 0 Å². The average molecular weight is 458 g/mol. The van der Waals surface area contributed by atoms with Crippen LogP contribution in [0.4, 0.5) is 0 Å². The highest BCUT2D eigenvalue weighted by Gasteiger charge is 2.02. The first-order valence-electron chi connectivity index (χ1n) is 9.25. The van der Waals surface area contributed by atoms with Crippen LogP contribution in [0.1, 0.15) is 28.2 Å². The molecule has 152 valence electrons. The summed E-state index contributed by atoms with van der Waals surface area (Å²) >= 11 is 17.3. The van der Waals surface area contributed by atoms with Gasteiger partial charge in [-0.15, -0.1) is 0 Å². The normalized spacial score (nSPS) is 10.3. The van der Waals surface area contributed by atoms with Crippen LogP contribution in [0.5, 0.6) is 0 Å². The van der Waals surface area contributed by atoms with E-state index >= 15 is 0 Å². The van der Waals surface area contributed by atoms with E-state index < -0.39 is 0 Å². The molecule has 0 bridgehead atoms. The van der Waals surface area contributed by atoms with Crippen molar-refractivity contribution in [2.45, 2.75) is 19.8 Å². The number of hydrogen-bond acceptors (Lipinski definition) is 4. The maximum absolute atomic E-state index is 5.79. The maximum Gasteiger partial charge on any atom is 0.224 e. The largest absolute Gasteiger partial charge is 0.224 e. The molecule has 0 N–H and O–H groups in total. The summed E-state index contributed by atoms with van der Waals surface area (Å²) in [6.07, 6.45) is 1.51. The molecule has 0 aliphatic heterocycles. The van der Waals surface area contributed by atoms with Crippen LogP contribution in [-0.4, -0.2) is 19.9 Å². The highest BCUT2D eigenvalue weighted by molar-refractivity contribution is 6.31. The summed E-state index contributed by atoms with van der Waals surface area (Å²) < 4.78 is 0. The number of hydrogen-bond donors (Lipinski definition) is 0. The smallest absolute Gasteiger partial charge is 0.223 e. The zero-order valence-electron chi connectivity index (χ0n) is 16.3. The summed E-state index contributed by atoms with van der Waals surface area (Å²) in [6.45, 7) is 1.92. The molecule has 0 atom stereocenters. The Balaban J connectivity index is 0.000000171. The van der Waals surface area contributed by atoms with Gasteiger partial charge in [0.05, 0.1) is 5.69 Å². The number of benzene rings is 2. The number of aryl methyl sites for hydroxylation is 1. The van der Waals surface area contributed by atoms with Gasteiger partial charge in [0.1, 0.15) is 5.15 Å². The van der Waals surface area contributed by atoms with Gasteiger partial charge in [0.15, 0.2) is 0 Å². The molecule has 4 rings (SSSR count). The zero-order valence-corrected chi connectivity index (χ0v) is 18.5. The highest BCUT2D eigenvalue weighted by atomic mass is 35.5. The summed E-state index contributed by atoms with van der Waals surface area (Å²) in [4.78, 5) is 16.1. The van der Waals surface area contributed by atoms with E-state index in [1.165, 1.54) is 11.1 Å². The first-order valence-corrected chi connectivity index (χ1v) is 10.4. The first kappa shape index (κ1) is 22.2. The Bertz CT molecular complexity index is 961. The summed E-state index contributed by atoms with van der Waals surface area (Å²) in [5, 5.41) is 0.885. The number of halogens is 3. The van der Waals surface area contributed by atoms with Gasteiger partial charge in [-0.3, -0.25) is 0 Å². The van der Waals surface area contributed by atoms with E-state index in [0.717, 1.165) is 23.5 Å². The zero-order chi connectivity index (χ0) is 21.3. The first-order chi connectivity index (χ1) is 14.5. The lowest BCUT2D eigenvalue weighted by molar-refractivity contribution is 0.999. The number of rotatable bonds is 4. The fourth-order valence-corrected chi connectivity index (χ4v) is 3.51. The van der Waals surface area contributed by atoms with E-state index in [1.807, 2.05) is 61.5 Å². The molecule has 0 saturated heterocycles. The molecule has 4 nitrogen and oxygen atoms in total. The van der Waals surface area contributed by atoms with E-state index in [-0.39, 0.29) is 5.28 Å². The molecule has 7 heteroatoms. The van der Waals surface area contributed by atoms with E-state index in [9.17, 15) is 0 Å². The predicted octanol–water partition coefficient (Wildman–Crippen LogP) is 6.40. The lowest BCUT2D eigenvalue weighted by atomic mass is 10.1. The molecular formula is C23H19Cl3N4. The minimum Gasteiger partial charge on any atom is -0.223 e. The molecule has 2 aromatic heterocycles. The summed E-state index contributed by atoms with van der Waals surface area (Å²) in [5.74, 6) is 0. The quantitative estimate of drug-likeness (QED) is 0.263. The van der Waals surface area contributed by atoms with Gasteiger partial charge in [0, 0.05) is 24.2 Å². The van der Waals surface area contributed by atoms with Crippen LogP contribution in [0.15, 0.2) is 72.8 Å². The Morgan fingerprint density at radius 3 is 1.53 bits per heavy atom. The SMILES string of the molecule is Cc1cc(Cc2ccccc2)nc(Cl)n1.Clc1cc(Cc2ccccc2)nc(Cl)n1. The predicted molar refractivity (Wildman–Crippen MR) is 122 cm³/mol. The van der Waals surface area contributed by atoms with Crippen molar-refractivity contribution in [3.05, 3.63) is 117 Å². The molecule has 0 aliphatic carbocycles. The fourth-order valence-electron chi connectivity index (χ4n) is 2.82. The van der Waals surface area contributed by atoms with E-state index in [2.05, 4.69) is 32.1 Å². The van der Waals surface area contributed by atoms with E-state index in [4.69, 9.17) is 34.8 Å². The minimum atomic E-state index is 0.188. The van der Waals surface area contributed by atoms with Crippen molar-refractivity contribution >= 4 is 34.8 Å². The lowest BCUT2D eigenvalue weighted by Gasteiger charge is -2.02. The summed E-state index contributed by atoms with van der Waals surface area (Å²) in [7, 11) is 0. The second kappa shape index (κ2) is 11.0. The molecule has 0 saturated carbocycles. The molecular weight excluding hydrogens is 439 g/mol. The van der Waals surface area contributed by atoms with Gasteiger partial charge in [-0.25, -0.2) is 19.9 Å². The van der Waals surface area contributed by atoms with Gasteiger partial charge < -0.3 is 0 Å². The second-order valence-electron chi connectivity index (χ2n) is 6.55. The Kier molecular flexibility index (Phi) is 8.14. The Morgan fingerprint density at radius 1 is 0.600 bits per heavy atom. The topological polar surface area (TPSA) is 51.6 Å². The van der Waals surface area contributed by atoms with Crippen LogP contribution in [0, 0.1) is 6.92 Å². The molecule has 30 heavy (non-hydrogen) atoms. The standard InChI is InChI=1S/C12H11ClN2.C11H8Cl2N2/c1-9-7-11(15-12(13)14-9)8-10-5-3-2-4-6-10;12-10-7-9(14-11(13)15-10)6-8-4-2-1-3-5-8/h2-7H,8H2,1H3;1-5,7H,6H2. The second-order valence-corrected chi connectivity index (χ2v) is 7.61. The van der Waals surface area contributed by atoms with Crippen LogP contribution < -0.4 is 0 Å². The van der Waals surface area contributed by atoms with Crippen LogP contribution in [0.2, 0.25) is 15.7 Å². The van der Waals surface area contributed by atoms with Crippen molar-refractivity contribution in [1.82, 2.24) is 19.9 Å². The van der Waals surface area contributed by atoms with Crippen LogP contribution in [0.3, 0.4) is 0 Å². The minimum absolute atomic E-state index is 0.188. The van der Waals surface area contributed by atoms with E-state index in [1.54, 1.807) is 6.07 Å². The van der Waals surface area contributed by atoms with Crippen LogP contribution in [0.25, 0.3) is 0 Å². The summed E-state index contributed by atoms with van der Waals surface area (Å²) in [5.41, 5.74) is 5.08. The third-order valence-corrected chi connectivity index (χ3v) is 4.59. The third kappa shape index (κ3) is 7.38. The van der Waals surface area contributed by atoms with Gasteiger partial charge in [0.2, 0.25) is 10.6 Å². The Labute approximate surface area is 190 Å². The molecule has 0 spiro atoms.